The number of anilines is 1. The second-order valence-electron chi connectivity index (χ2n) is 6.83. The van der Waals surface area contributed by atoms with Gasteiger partial charge in [-0.2, -0.15) is 0 Å². The fraction of sp³-hybridized carbons (Fsp3) is 0.333. The first-order chi connectivity index (χ1) is 13.0. The summed E-state index contributed by atoms with van der Waals surface area (Å²) in [6.45, 7) is 0. The second kappa shape index (κ2) is 8.95. The molecule has 1 saturated carbocycles. The minimum absolute atomic E-state index is 0.0688. The average Bonchev–Trinajstić information content (AvgIpc) is 2.69. The number of hydrogen-bond acceptors (Lipinski definition) is 3. The third kappa shape index (κ3) is 5.26. The molecule has 0 bridgehead atoms. The molecule has 0 radical (unpaired) electrons. The molecule has 27 heavy (non-hydrogen) atoms. The van der Waals surface area contributed by atoms with Gasteiger partial charge in [-0.05, 0) is 48.7 Å². The van der Waals surface area contributed by atoms with Gasteiger partial charge in [0.05, 0.1) is 5.56 Å². The van der Waals surface area contributed by atoms with Gasteiger partial charge < -0.3 is 10.4 Å². The maximum absolute atomic E-state index is 12.6. The van der Waals surface area contributed by atoms with Crippen molar-refractivity contribution in [2.45, 2.75) is 43.1 Å². The predicted molar refractivity (Wildman–Crippen MR) is 107 cm³/mol. The quantitative estimate of drug-likeness (QED) is 0.780. The minimum Gasteiger partial charge on any atom is -0.478 e. The van der Waals surface area contributed by atoms with E-state index in [1.807, 2.05) is 18.2 Å². The van der Waals surface area contributed by atoms with E-state index >= 15 is 0 Å². The molecule has 1 unspecified atom stereocenters. The highest BCUT2D eigenvalue weighted by Crippen LogP contribution is 2.24. The van der Waals surface area contributed by atoms with Crippen LogP contribution < -0.4 is 5.32 Å². The zero-order valence-electron chi connectivity index (χ0n) is 15.0. The Labute approximate surface area is 161 Å². The fourth-order valence-electron chi connectivity index (χ4n) is 3.35. The van der Waals surface area contributed by atoms with Crippen LogP contribution in [0.15, 0.2) is 48.5 Å². The van der Waals surface area contributed by atoms with E-state index < -0.39 is 16.8 Å². The van der Waals surface area contributed by atoms with Crippen LogP contribution in [0.4, 0.5) is 5.69 Å². The number of hydrogen-bond donors (Lipinski definition) is 2. The van der Waals surface area contributed by atoms with Crippen LogP contribution in [0.2, 0.25) is 0 Å². The van der Waals surface area contributed by atoms with Gasteiger partial charge >= 0.3 is 5.97 Å². The Balaban J connectivity index is 1.66. The molecule has 1 aliphatic rings. The van der Waals surface area contributed by atoms with E-state index in [2.05, 4.69) is 5.32 Å². The van der Waals surface area contributed by atoms with Crippen molar-refractivity contribution in [1.29, 1.82) is 0 Å². The number of amides is 1. The number of carbonyl (C=O) groups is 2. The van der Waals surface area contributed by atoms with Gasteiger partial charge in [-0.25, -0.2) is 4.79 Å². The van der Waals surface area contributed by atoms with Crippen molar-refractivity contribution < 1.29 is 18.9 Å². The van der Waals surface area contributed by atoms with E-state index in [1.54, 1.807) is 18.2 Å². The summed E-state index contributed by atoms with van der Waals surface area (Å²) >= 11 is 0. The summed E-state index contributed by atoms with van der Waals surface area (Å²) in [5.74, 6) is -0.955. The van der Waals surface area contributed by atoms with Crippen LogP contribution in [-0.2, 0) is 16.6 Å². The summed E-state index contributed by atoms with van der Waals surface area (Å²) in [7, 11) is -0.901. The first-order valence-corrected chi connectivity index (χ1v) is 10.5. The maximum Gasteiger partial charge on any atom is 0.335 e. The van der Waals surface area contributed by atoms with E-state index in [-0.39, 0.29) is 22.3 Å². The molecule has 0 aliphatic heterocycles. The molecule has 2 N–H and O–H groups in total. The highest BCUT2D eigenvalue weighted by atomic mass is 32.2. The van der Waals surface area contributed by atoms with Crippen molar-refractivity contribution in [2.75, 3.05) is 5.32 Å². The van der Waals surface area contributed by atoms with Crippen molar-refractivity contribution in [2.24, 2.45) is 0 Å². The van der Waals surface area contributed by atoms with E-state index in [9.17, 15) is 13.8 Å². The number of nitrogens with one attached hydrogen (secondary N) is 1. The van der Waals surface area contributed by atoms with E-state index in [0.717, 1.165) is 31.2 Å². The van der Waals surface area contributed by atoms with Crippen molar-refractivity contribution in [3.8, 4) is 0 Å². The first kappa shape index (κ1) is 19.3. The molecule has 0 aromatic heterocycles. The highest BCUT2D eigenvalue weighted by Gasteiger charge is 2.20. The molecule has 3 rings (SSSR count). The Kier molecular flexibility index (Phi) is 6.40. The van der Waals surface area contributed by atoms with Gasteiger partial charge in [0.15, 0.2) is 0 Å². The predicted octanol–water partition coefficient (Wildman–Crippen LogP) is 4.22. The Morgan fingerprint density at radius 1 is 1.00 bits per heavy atom. The molecule has 1 fully saturated rings. The largest absolute Gasteiger partial charge is 0.478 e. The maximum atomic E-state index is 12.6. The first-order valence-electron chi connectivity index (χ1n) is 9.14. The molecule has 5 nitrogen and oxygen atoms in total. The summed E-state index contributed by atoms with van der Waals surface area (Å²) in [6.07, 6.45) is 5.61. The van der Waals surface area contributed by atoms with Crippen molar-refractivity contribution in [3.05, 3.63) is 65.2 Å². The highest BCUT2D eigenvalue weighted by molar-refractivity contribution is 7.84. The van der Waals surface area contributed by atoms with E-state index in [1.165, 1.54) is 18.6 Å². The number of benzene rings is 2. The average molecular weight is 385 g/mol. The molecule has 0 heterocycles. The monoisotopic (exact) mass is 385 g/mol. The van der Waals surface area contributed by atoms with Crippen LogP contribution in [0.1, 0.15) is 58.4 Å². The second-order valence-corrected chi connectivity index (χ2v) is 8.54. The molecule has 2 aromatic rings. The van der Waals surface area contributed by atoms with Crippen molar-refractivity contribution >= 4 is 28.4 Å². The summed E-state index contributed by atoms with van der Waals surface area (Å²) in [6, 6.07) is 13.3. The molecular formula is C21H23NO4S. The lowest BCUT2D eigenvalue weighted by molar-refractivity contribution is 0.0697. The minimum atomic E-state index is -1.07. The molecule has 1 aliphatic carbocycles. The lowest BCUT2D eigenvalue weighted by Gasteiger charge is -2.21. The van der Waals surface area contributed by atoms with Crippen LogP contribution in [-0.4, -0.2) is 26.4 Å². The molecule has 1 atom stereocenters. The van der Waals surface area contributed by atoms with Crippen LogP contribution in [0, 0.1) is 0 Å². The summed E-state index contributed by atoms with van der Waals surface area (Å²) in [4.78, 5) is 23.5. The molecule has 0 saturated heterocycles. The third-order valence-electron chi connectivity index (χ3n) is 4.79. The van der Waals surface area contributed by atoms with E-state index in [4.69, 9.17) is 5.11 Å². The van der Waals surface area contributed by atoms with Gasteiger partial charge in [-0.1, -0.05) is 37.5 Å². The topological polar surface area (TPSA) is 83.5 Å². The molecule has 0 spiro atoms. The van der Waals surface area contributed by atoms with Crippen LogP contribution in [0.5, 0.6) is 0 Å². The van der Waals surface area contributed by atoms with Gasteiger partial charge in [0.1, 0.15) is 0 Å². The summed E-state index contributed by atoms with van der Waals surface area (Å²) < 4.78 is 12.6. The zero-order valence-corrected chi connectivity index (χ0v) is 15.8. The van der Waals surface area contributed by atoms with Gasteiger partial charge in [0.2, 0.25) is 0 Å². The van der Waals surface area contributed by atoms with Gasteiger partial charge in [0, 0.05) is 33.1 Å². The molecule has 2 aromatic carbocycles. The molecule has 1 amide bonds. The van der Waals surface area contributed by atoms with Gasteiger partial charge in [0.25, 0.3) is 5.91 Å². The molecule has 6 heteroatoms. The van der Waals surface area contributed by atoms with Gasteiger partial charge in [-0.3, -0.25) is 9.00 Å². The smallest absolute Gasteiger partial charge is 0.335 e. The fourth-order valence-corrected chi connectivity index (χ4v) is 4.95. The zero-order chi connectivity index (χ0) is 19.2. The number of aromatic carboxylic acids is 1. The number of carboxylic acids is 1. The van der Waals surface area contributed by atoms with Crippen molar-refractivity contribution in [3.63, 3.8) is 0 Å². The Morgan fingerprint density at radius 2 is 1.70 bits per heavy atom. The Bertz CT molecular complexity index is 859. The standard InChI is InChI=1S/C21H23NO4S/c23-20(16-7-5-8-17(13-16)21(24)25)22-18-9-4-6-15(12-18)14-27(26)19-10-2-1-3-11-19/h4-9,12-13,19H,1-3,10-11,14H2,(H,22,23)(H,24,25). The van der Waals surface area contributed by atoms with Gasteiger partial charge in [-0.15, -0.1) is 0 Å². The lowest BCUT2D eigenvalue weighted by atomic mass is 10.0. The third-order valence-corrected chi connectivity index (χ3v) is 6.62. The SMILES string of the molecule is O=C(O)c1cccc(C(=O)Nc2cccc(CS(=O)C3CCCCC3)c2)c1. The number of carbonyl (C=O) groups excluding carboxylic acids is 1. The Hall–Kier alpha value is -2.47. The lowest BCUT2D eigenvalue weighted by Crippen LogP contribution is -2.20. The molecular weight excluding hydrogens is 362 g/mol. The van der Waals surface area contributed by atoms with Crippen molar-refractivity contribution in [1.82, 2.24) is 0 Å². The van der Waals surface area contributed by atoms with E-state index in [0.29, 0.717) is 11.4 Å². The van der Waals surface area contributed by atoms with Crippen LogP contribution in [0.3, 0.4) is 0 Å². The summed E-state index contributed by atoms with van der Waals surface area (Å²) in [5.41, 5.74) is 1.89. The Morgan fingerprint density at radius 3 is 2.44 bits per heavy atom. The van der Waals surface area contributed by atoms with Crippen LogP contribution >= 0.6 is 0 Å². The summed E-state index contributed by atoms with van der Waals surface area (Å²) in [5, 5.41) is 12.1. The number of carboxylic acid groups (broad SMARTS) is 1. The molecule has 142 valence electrons. The normalized spacial score (nSPS) is 15.9. The number of rotatable bonds is 6. The van der Waals surface area contributed by atoms with Crippen LogP contribution in [0.25, 0.3) is 0 Å².